The SMILES string of the molecule is N#Cc1cccc(NC(=O)Cn2cc(N)ccc2=O)c1. The van der Waals surface area contributed by atoms with Gasteiger partial charge in [0.1, 0.15) is 6.54 Å². The van der Waals surface area contributed by atoms with Crippen LogP contribution in [0.25, 0.3) is 0 Å². The smallest absolute Gasteiger partial charge is 0.251 e. The standard InChI is InChI=1S/C14H12N4O2/c15-7-10-2-1-3-12(6-10)17-13(19)9-18-8-11(16)4-5-14(18)20/h1-6,8H,9,16H2,(H,17,19). The fraction of sp³-hybridized carbons (Fsp3) is 0.0714. The van der Waals surface area contributed by atoms with Crippen molar-refractivity contribution in [1.29, 1.82) is 5.26 Å². The van der Waals surface area contributed by atoms with Gasteiger partial charge in [0.15, 0.2) is 0 Å². The first-order chi connectivity index (χ1) is 9.58. The number of hydrogen-bond donors (Lipinski definition) is 2. The van der Waals surface area contributed by atoms with Crippen LogP contribution in [0.4, 0.5) is 11.4 Å². The maximum Gasteiger partial charge on any atom is 0.251 e. The zero-order valence-corrected chi connectivity index (χ0v) is 10.5. The second kappa shape index (κ2) is 5.71. The summed E-state index contributed by atoms with van der Waals surface area (Å²) in [5.74, 6) is -0.368. The van der Waals surface area contributed by atoms with E-state index in [4.69, 9.17) is 11.0 Å². The molecule has 0 aliphatic rings. The molecule has 0 aliphatic carbocycles. The van der Waals surface area contributed by atoms with Crippen LogP contribution in [-0.2, 0) is 11.3 Å². The number of nitrogens with one attached hydrogen (secondary N) is 1. The molecule has 2 rings (SSSR count). The first kappa shape index (κ1) is 13.4. The maximum atomic E-state index is 11.9. The Hall–Kier alpha value is -3.07. The topological polar surface area (TPSA) is 101 Å². The summed E-state index contributed by atoms with van der Waals surface area (Å²) in [5.41, 5.74) is 6.62. The number of benzene rings is 1. The van der Waals surface area contributed by atoms with Gasteiger partial charge in [0, 0.05) is 23.6 Å². The average Bonchev–Trinajstić information content (AvgIpc) is 2.43. The predicted octanol–water partition coefficient (Wildman–Crippen LogP) is 0.941. The highest BCUT2D eigenvalue weighted by Crippen LogP contribution is 2.09. The van der Waals surface area contributed by atoms with Crippen molar-refractivity contribution < 1.29 is 4.79 Å². The number of anilines is 2. The Bertz CT molecular complexity index is 743. The molecule has 0 saturated heterocycles. The van der Waals surface area contributed by atoms with Crippen LogP contribution in [-0.4, -0.2) is 10.5 Å². The number of hydrogen-bond acceptors (Lipinski definition) is 4. The molecule has 1 aromatic carbocycles. The van der Waals surface area contributed by atoms with E-state index in [0.29, 0.717) is 16.9 Å². The van der Waals surface area contributed by atoms with Crippen LogP contribution in [0.3, 0.4) is 0 Å². The summed E-state index contributed by atoms with van der Waals surface area (Å²) in [7, 11) is 0. The first-order valence-corrected chi connectivity index (χ1v) is 5.84. The van der Waals surface area contributed by atoms with Gasteiger partial charge in [-0.05, 0) is 24.3 Å². The van der Waals surface area contributed by atoms with Gasteiger partial charge in [-0.3, -0.25) is 9.59 Å². The molecule has 20 heavy (non-hydrogen) atoms. The number of nitrogens with two attached hydrogens (primary N) is 1. The number of amides is 1. The van der Waals surface area contributed by atoms with Crippen LogP contribution < -0.4 is 16.6 Å². The Kier molecular flexibility index (Phi) is 3.82. The van der Waals surface area contributed by atoms with Crippen LogP contribution in [0.5, 0.6) is 0 Å². The Morgan fingerprint density at radius 2 is 2.15 bits per heavy atom. The molecule has 0 aliphatic heterocycles. The molecular formula is C14H12N4O2. The van der Waals surface area contributed by atoms with Gasteiger partial charge in [-0.25, -0.2) is 0 Å². The lowest BCUT2D eigenvalue weighted by atomic mass is 10.2. The largest absolute Gasteiger partial charge is 0.398 e. The summed E-state index contributed by atoms with van der Waals surface area (Å²) in [6.45, 7) is -0.138. The summed E-state index contributed by atoms with van der Waals surface area (Å²) in [6, 6.07) is 11.3. The third kappa shape index (κ3) is 3.23. The molecule has 100 valence electrons. The second-order valence-corrected chi connectivity index (χ2v) is 4.17. The van der Waals surface area contributed by atoms with E-state index in [1.807, 2.05) is 6.07 Å². The van der Waals surface area contributed by atoms with Crippen LogP contribution in [0, 0.1) is 11.3 Å². The molecule has 3 N–H and O–H groups in total. The summed E-state index contributed by atoms with van der Waals surface area (Å²) < 4.78 is 1.22. The van der Waals surface area contributed by atoms with Crippen LogP contribution in [0.1, 0.15) is 5.56 Å². The average molecular weight is 268 g/mol. The zero-order chi connectivity index (χ0) is 14.5. The fourth-order valence-electron chi connectivity index (χ4n) is 1.70. The second-order valence-electron chi connectivity index (χ2n) is 4.17. The summed E-state index contributed by atoms with van der Waals surface area (Å²) >= 11 is 0. The minimum atomic E-state index is -0.368. The molecule has 0 unspecified atom stereocenters. The number of carbonyl (C=O) groups is 1. The molecule has 0 radical (unpaired) electrons. The zero-order valence-electron chi connectivity index (χ0n) is 10.5. The van der Waals surface area contributed by atoms with Crippen molar-refractivity contribution in [3.8, 4) is 6.07 Å². The minimum Gasteiger partial charge on any atom is -0.398 e. The number of pyridine rings is 1. The van der Waals surface area contributed by atoms with E-state index >= 15 is 0 Å². The lowest BCUT2D eigenvalue weighted by molar-refractivity contribution is -0.116. The van der Waals surface area contributed by atoms with Crippen LogP contribution in [0.15, 0.2) is 47.4 Å². The summed E-state index contributed by atoms with van der Waals surface area (Å²) in [4.78, 5) is 23.4. The molecule has 6 heteroatoms. The Morgan fingerprint density at radius 3 is 2.90 bits per heavy atom. The van der Waals surface area contributed by atoms with Gasteiger partial charge in [0.05, 0.1) is 11.6 Å². The monoisotopic (exact) mass is 268 g/mol. The van der Waals surface area contributed by atoms with Crippen molar-refractivity contribution >= 4 is 17.3 Å². The lowest BCUT2D eigenvalue weighted by Crippen LogP contribution is -2.27. The van der Waals surface area contributed by atoms with E-state index in [1.165, 1.54) is 22.9 Å². The number of aromatic nitrogens is 1. The van der Waals surface area contributed by atoms with Gasteiger partial charge in [-0.2, -0.15) is 5.26 Å². The number of nitrogen functional groups attached to an aromatic ring is 1. The maximum absolute atomic E-state index is 11.9. The van der Waals surface area contributed by atoms with Gasteiger partial charge in [-0.15, -0.1) is 0 Å². The lowest BCUT2D eigenvalue weighted by Gasteiger charge is -2.08. The van der Waals surface area contributed by atoms with E-state index in [1.54, 1.807) is 24.3 Å². The predicted molar refractivity (Wildman–Crippen MR) is 74.9 cm³/mol. The van der Waals surface area contributed by atoms with E-state index in [-0.39, 0.29) is 18.0 Å². The molecule has 1 aromatic heterocycles. The first-order valence-electron chi connectivity index (χ1n) is 5.84. The highest BCUT2D eigenvalue weighted by Gasteiger charge is 2.05. The van der Waals surface area contributed by atoms with E-state index in [9.17, 15) is 9.59 Å². The van der Waals surface area contributed by atoms with E-state index < -0.39 is 0 Å². The minimum absolute atomic E-state index is 0.138. The van der Waals surface area contributed by atoms with Crippen molar-refractivity contribution in [3.63, 3.8) is 0 Å². The molecule has 2 aromatic rings. The number of nitrogens with zero attached hydrogens (tertiary/aromatic N) is 2. The number of carbonyl (C=O) groups excluding carboxylic acids is 1. The summed E-state index contributed by atoms with van der Waals surface area (Å²) in [5, 5.41) is 11.4. The third-order valence-electron chi connectivity index (χ3n) is 2.60. The van der Waals surface area contributed by atoms with Gasteiger partial charge < -0.3 is 15.6 Å². The third-order valence-corrected chi connectivity index (χ3v) is 2.60. The highest BCUT2D eigenvalue weighted by atomic mass is 16.2. The molecule has 0 bridgehead atoms. The molecule has 1 heterocycles. The number of rotatable bonds is 3. The molecule has 6 nitrogen and oxygen atoms in total. The Labute approximate surface area is 115 Å². The fourth-order valence-corrected chi connectivity index (χ4v) is 1.70. The molecule has 0 saturated carbocycles. The molecular weight excluding hydrogens is 256 g/mol. The van der Waals surface area contributed by atoms with E-state index in [0.717, 1.165) is 0 Å². The molecule has 0 spiro atoms. The van der Waals surface area contributed by atoms with E-state index in [2.05, 4.69) is 5.32 Å². The Morgan fingerprint density at radius 1 is 1.35 bits per heavy atom. The molecule has 0 atom stereocenters. The van der Waals surface area contributed by atoms with Gasteiger partial charge in [0.25, 0.3) is 5.56 Å². The van der Waals surface area contributed by atoms with Crippen LogP contribution >= 0.6 is 0 Å². The number of nitriles is 1. The van der Waals surface area contributed by atoms with Crippen molar-refractivity contribution in [2.75, 3.05) is 11.1 Å². The quantitative estimate of drug-likeness (QED) is 0.865. The van der Waals surface area contributed by atoms with Crippen molar-refractivity contribution in [3.05, 3.63) is 58.5 Å². The van der Waals surface area contributed by atoms with Crippen molar-refractivity contribution in [2.45, 2.75) is 6.54 Å². The summed E-state index contributed by atoms with van der Waals surface area (Å²) in [6.07, 6.45) is 1.41. The van der Waals surface area contributed by atoms with Gasteiger partial charge >= 0.3 is 0 Å². The molecule has 0 fully saturated rings. The normalized spacial score (nSPS) is 9.75. The van der Waals surface area contributed by atoms with Crippen LogP contribution in [0.2, 0.25) is 0 Å². The van der Waals surface area contributed by atoms with Gasteiger partial charge in [0.2, 0.25) is 5.91 Å². The Balaban J connectivity index is 2.11. The highest BCUT2D eigenvalue weighted by molar-refractivity contribution is 5.90. The van der Waals surface area contributed by atoms with Crippen molar-refractivity contribution in [1.82, 2.24) is 4.57 Å². The molecule has 1 amide bonds. The van der Waals surface area contributed by atoms with Crippen molar-refractivity contribution in [2.24, 2.45) is 0 Å². The van der Waals surface area contributed by atoms with Gasteiger partial charge in [-0.1, -0.05) is 6.07 Å².